The number of nitrogens with zero attached hydrogens (tertiary/aromatic N) is 2. The van der Waals surface area contributed by atoms with Gasteiger partial charge in [0.15, 0.2) is 0 Å². The molecule has 0 amide bonds. The first kappa shape index (κ1) is 14.7. The molecular weight excluding hydrogens is 322 g/mol. The van der Waals surface area contributed by atoms with Crippen LogP contribution in [0, 0.1) is 6.92 Å². The summed E-state index contributed by atoms with van der Waals surface area (Å²) in [7, 11) is 2.09. The summed E-state index contributed by atoms with van der Waals surface area (Å²) in [6.45, 7) is 3.43. The van der Waals surface area contributed by atoms with Crippen molar-refractivity contribution < 1.29 is 0 Å². The molecule has 2 aromatic rings. The Kier molecular flexibility index (Phi) is 5.10. The molecule has 2 N–H and O–H groups in total. The van der Waals surface area contributed by atoms with Gasteiger partial charge in [0.25, 0.3) is 0 Å². The molecule has 2 rings (SSSR count). The third-order valence-electron chi connectivity index (χ3n) is 3.03. The second kappa shape index (κ2) is 6.61. The number of aromatic nitrogens is 1. The SMILES string of the molecule is Cc1cccc(CN(C)C(CN)c2cc(Br)cs2)n1. The van der Waals surface area contributed by atoms with Crippen molar-refractivity contribution >= 4 is 27.3 Å². The maximum absolute atomic E-state index is 5.93. The van der Waals surface area contributed by atoms with E-state index in [4.69, 9.17) is 5.73 Å². The number of hydrogen-bond acceptors (Lipinski definition) is 4. The molecule has 0 aromatic carbocycles. The van der Waals surface area contributed by atoms with Crippen LogP contribution in [-0.2, 0) is 6.54 Å². The molecule has 0 bridgehead atoms. The largest absolute Gasteiger partial charge is 0.329 e. The smallest absolute Gasteiger partial charge is 0.0565 e. The van der Waals surface area contributed by atoms with Gasteiger partial charge in [-0.25, -0.2) is 0 Å². The zero-order valence-corrected chi connectivity index (χ0v) is 13.5. The van der Waals surface area contributed by atoms with Crippen LogP contribution in [-0.4, -0.2) is 23.5 Å². The van der Waals surface area contributed by atoms with Crippen molar-refractivity contribution in [3.05, 3.63) is 50.4 Å². The molecule has 5 heteroatoms. The number of aryl methyl sites for hydroxylation is 1. The first-order valence-electron chi connectivity index (χ1n) is 6.17. The lowest BCUT2D eigenvalue weighted by molar-refractivity contribution is 0.242. The Morgan fingerprint density at radius 3 is 2.84 bits per heavy atom. The van der Waals surface area contributed by atoms with Gasteiger partial charge in [-0.05, 0) is 48.1 Å². The molecule has 0 spiro atoms. The molecule has 1 unspecified atom stereocenters. The van der Waals surface area contributed by atoms with Crippen LogP contribution in [0.25, 0.3) is 0 Å². The van der Waals surface area contributed by atoms with Gasteiger partial charge in [-0.3, -0.25) is 9.88 Å². The molecule has 0 aliphatic carbocycles. The molecular formula is C14H18BrN3S. The number of halogens is 1. The lowest BCUT2D eigenvalue weighted by atomic mass is 10.2. The van der Waals surface area contributed by atoms with E-state index in [1.54, 1.807) is 11.3 Å². The van der Waals surface area contributed by atoms with Crippen LogP contribution in [0.1, 0.15) is 22.3 Å². The monoisotopic (exact) mass is 339 g/mol. The van der Waals surface area contributed by atoms with Gasteiger partial charge >= 0.3 is 0 Å². The quantitative estimate of drug-likeness (QED) is 0.908. The zero-order valence-electron chi connectivity index (χ0n) is 11.1. The van der Waals surface area contributed by atoms with Crippen LogP contribution in [0.5, 0.6) is 0 Å². The molecule has 2 heterocycles. The maximum Gasteiger partial charge on any atom is 0.0565 e. The summed E-state index contributed by atoms with van der Waals surface area (Å²) in [5.41, 5.74) is 8.06. The number of nitrogens with two attached hydrogens (primary N) is 1. The molecule has 3 nitrogen and oxygen atoms in total. The van der Waals surface area contributed by atoms with Crippen LogP contribution in [0.2, 0.25) is 0 Å². The molecule has 0 radical (unpaired) electrons. The van der Waals surface area contributed by atoms with E-state index >= 15 is 0 Å². The Morgan fingerprint density at radius 2 is 2.26 bits per heavy atom. The van der Waals surface area contributed by atoms with E-state index in [1.165, 1.54) is 4.88 Å². The first-order chi connectivity index (χ1) is 9.10. The van der Waals surface area contributed by atoms with Crippen LogP contribution < -0.4 is 5.73 Å². The van der Waals surface area contributed by atoms with E-state index in [9.17, 15) is 0 Å². The van der Waals surface area contributed by atoms with Crippen molar-refractivity contribution in [1.82, 2.24) is 9.88 Å². The van der Waals surface area contributed by atoms with E-state index in [2.05, 4.69) is 50.4 Å². The Morgan fingerprint density at radius 1 is 1.47 bits per heavy atom. The number of hydrogen-bond donors (Lipinski definition) is 1. The van der Waals surface area contributed by atoms with E-state index < -0.39 is 0 Å². The van der Waals surface area contributed by atoms with Gasteiger partial charge in [0.2, 0.25) is 0 Å². The van der Waals surface area contributed by atoms with Crippen molar-refractivity contribution in [1.29, 1.82) is 0 Å². The highest BCUT2D eigenvalue weighted by molar-refractivity contribution is 9.10. The van der Waals surface area contributed by atoms with Crippen LogP contribution in [0.3, 0.4) is 0 Å². The maximum atomic E-state index is 5.93. The molecule has 2 aromatic heterocycles. The fourth-order valence-electron chi connectivity index (χ4n) is 2.07. The van der Waals surface area contributed by atoms with E-state index in [0.717, 1.165) is 22.4 Å². The molecule has 0 saturated heterocycles. The third-order valence-corrected chi connectivity index (χ3v) is 4.82. The summed E-state index contributed by atoms with van der Waals surface area (Å²) in [6, 6.07) is 8.49. The number of rotatable bonds is 5. The van der Waals surface area contributed by atoms with E-state index in [0.29, 0.717) is 6.54 Å². The normalized spacial score (nSPS) is 12.9. The molecule has 0 saturated carbocycles. The average molecular weight is 340 g/mol. The lowest BCUT2D eigenvalue weighted by Gasteiger charge is -2.25. The molecule has 19 heavy (non-hydrogen) atoms. The fraction of sp³-hybridized carbons (Fsp3) is 0.357. The van der Waals surface area contributed by atoms with Crippen molar-refractivity contribution in [2.45, 2.75) is 19.5 Å². The second-order valence-corrected chi connectivity index (χ2v) is 6.46. The highest BCUT2D eigenvalue weighted by atomic mass is 79.9. The predicted molar refractivity (Wildman–Crippen MR) is 84.3 cm³/mol. The summed E-state index contributed by atoms with van der Waals surface area (Å²) in [6.07, 6.45) is 0. The van der Waals surface area contributed by atoms with Gasteiger partial charge in [0, 0.05) is 33.5 Å². The highest BCUT2D eigenvalue weighted by Gasteiger charge is 2.17. The summed E-state index contributed by atoms with van der Waals surface area (Å²) < 4.78 is 1.12. The zero-order chi connectivity index (χ0) is 13.8. The summed E-state index contributed by atoms with van der Waals surface area (Å²) >= 11 is 5.23. The Hall–Kier alpha value is -0.750. The van der Waals surface area contributed by atoms with Gasteiger partial charge in [-0.1, -0.05) is 6.07 Å². The molecule has 102 valence electrons. The predicted octanol–water partition coefficient (Wildman–Crippen LogP) is 3.35. The van der Waals surface area contributed by atoms with Crippen LogP contribution in [0.4, 0.5) is 0 Å². The Bertz CT molecular complexity index is 541. The number of likely N-dealkylation sites (N-methyl/N-ethyl adjacent to an activating group) is 1. The number of pyridine rings is 1. The number of thiophene rings is 1. The van der Waals surface area contributed by atoms with Crippen molar-refractivity contribution in [3.63, 3.8) is 0 Å². The summed E-state index contributed by atoms with van der Waals surface area (Å²) in [5.74, 6) is 0. The second-order valence-electron chi connectivity index (χ2n) is 4.60. The molecule has 0 aliphatic rings. The summed E-state index contributed by atoms with van der Waals surface area (Å²) in [4.78, 5) is 8.07. The van der Waals surface area contributed by atoms with Gasteiger partial charge < -0.3 is 5.73 Å². The fourth-order valence-corrected chi connectivity index (χ4v) is 3.69. The van der Waals surface area contributed by atoms with Crippen LogP contribution >= 0.6 is 27.3 Å². The highest BCUT2D eigenvalue weighted by Crippen LogP contribution is 2.28. The first-order valence-corrected chi connectivity index (χ1v) is 7.84. The van der Waals surface area contributed by atoms with Crippen LogP contribution in [0.15, 0.2) is 34.1 Å². The van der Waals surface area contributed by atoms with E-state index in [1.807, 2.05) is 19.1 Å². The summed E-state index contributed by atoms with van der Waals surface area (Å²) in [5, 5.41) is 2.09. The lowest BCUT2D eigenvalue weighted by Crippen LogP contribution is -2.29. The van der Waals surface area contributed by atoms with Crippen molar-refractivity contribution in [2.24, 2.45) is 5.73 Å². The van der Waals surface area contributed by atoms with Gasteiger partial charge in [-0.2, -0.15) is 0 Å². The van der Waals surface area contributed by atoms with Gasteiger partial charge in [0.05, 0.1) is 11.7 Å². The van der Waals surface area contributed by atoms with Gasteiger partial charge in [-0.15, -0.1) is 11.3 Å². The molecule has 1 atom stereocenters. The molecule has 0 fully saturated rings. The Balaban J connectivity index is 2.11. The van der Waals surface area contributed by atoms with Crippen molar-refractivity contribution in [2.75, 3.05) is 13.6 Å². The standard InChI is InChI=1S/C14H18BrN3S/c1-10-4-3-5-12(17-10)8-18(2)13(7-16)14-6-11(15)9-19-14/h3-6,9,13H,7-8,16H2,1-2H3. The average Bonchev–Trinajstić information content (AvgIpc) is 2.76. The minimum Gasteiger partial charge on any atom is -0.329 e. The minimum atomic E-state index is 0.235. The topological polar surface area (TPSA) is 42.1 Å². The van der Waals surface area contributed by atoms with Crippen molar-refractivity contribution in [3.8, 4) is 0 Å². The third kappa shape index (κ3) is 3.86. The minimum absolute atomic E-state index is 0.235. The van der Waals surface area contributed by atoms with Gasteiger partial charge in [0.1, 0.15) is 0 Å². The van der Waals surface area contributed by atoms with E-state index in [-0.39, 0.29) is 6.04 Å². The molecule has 0 aliphatic heterocycles. The Labute approximate surface area is 126 Å².